The van der Waals surface area contributed by atoms with Crippen molar-refractivity contribution in [1.29, 1.82) is 0 Å². The molecule has 4 nitrogen and oxygen atoms in total. The van der Waals surface area contributed by atoms with Crippen molar-refractivity contribution in [3.05, 3.63) is 54.1 Å². The lowest BCUT2D eigenvalue weighted by atomic mass is 10.1. The molecule has 1 aromatic heterocycles. The Hall–Kier alpha value is -1.94. The Kier molecular flexibility index (Phi) is 4.15. The summed E-state index contributed by atoms with van der Waals surface area (Å²) in [5, 5.41) is 0. The van der Waals surface area contributed by atoms with E-state index in [4.69, 9.17) is 0 Å². The second-order valence-corrected chi connectivity index (χ2v) is 5.75. The molecule has 0 saturated carbocycles. The molecule has 0 spiro atoms. The molecule has 0 bridgehead atoms. The van der Waals surface area contributed by atoms with E-state index in [1.165, 1.54) is 5.69 Å². The number of nitrogens with zero attached hydrogens (tertiary/aromatic N) is 4. The molecule has 1 saturated heterocycles. The first-order chi connectivity index (χ1) is 10.2. The molecular formula is C17H22N4. The number of hydrogen-bond donors (Lipinski definition) is 0. The van der Waals surface area contributed by atoms with Crippen molar-refractivity contribution in [2.24, 2.45) is 0 Å². The van der Waals surface area contributed by atoms with Crippen molar-refractivity contribution < 1.29 is 0 Å². The number of rotatable bonds is 3. The molecule has 1 unspecified atom stereocenters. The summed E-state index contributed by atoms with van der Waals surface area (Å²) in [5.74, 6) is 0. The van der Waals surface area contributed by atoms with Gasteiger partial charge in [0.2, 0.25) is 0 Å². The van der Waals surface area contributed by atoms with Gasteiger partial charge in [-0.1, -0.05) is 18.2 Å². The molecule has 110 valence electrons. The van der Waals surface area contributed by atoms with Crippen LogP contribution in [0, 0.1) is 6.92 Å². The fraction of sp³-hybridized carbons (Fsp3) is 0.412. The molecule has 2 aromatic rings. The molecule has 0 radical (unpaired) electrons. The van der Waals surface area contributed by atoms with Gasteiger partial charge >= 0.3 is 0 Å². The van der Waals surface area contributed by atoms with Crippen LogP contribution in [0.25, 0.3) is 0 Å². The first-order valence-electron chi connectivity index (χ1n) is 7.54. The van der Waals surface area contributed by atoms with E-state index >= 15 is 0 Å². The van der Waals surface area contributed by atoms with Gasteiger partial charge in [-0.3, -0.25) is 14.9 Å². The van der Waals surface area contributed by atoms with Crippen LogP contribution in [0.1, 0.15) is 18.3 Å². The number of benzene rings is 1. The summed E-state index contributed by atoms with van der Waals surface area (Å²) in [4.78, 5) is 13.7. The average Bonchev–Trinajstić information content (AvgIpc) is 2.52. The molecule has 0 aliphatic carbocycles. The van der Waals surface area contributed by atoms with Gasteiger partial charge in [-0.05, 0) is 26.0 Å². The highest BCUT2D eigenvalue weighted by Crippen LogP contribution is 2.19. The van der Waals surface area contributed by atoms with E-state index in [0.29, 0.717) is 6.04 Å². The molecule has 4 heteroatoms. The Balaban J connectivity index is 1.62. The predicted molar refractivity (Wildman–Crippen MR) is 85.3 cm³/mol. The predicted octanol–water partition coefficient (Wildman–Crippen LogP) is 2.50. The summed E-state index contributed by atoms with van der Waals surface area (Å²) in [6.07, 6.45) is 3.74. The number of hydrogen-bond acceptors (Lipinski definition) is 4. The topological polar surface area (TPSA) is 32.3 Å². The minimum absolute atomic E-state index is 0.516. The number of anilines is 1. The van der Waals surface area contributed by atoms with E-state index in [9.17, 15) is 0 Å². The normalized spacial score (nSPS) is 19.7. The Morgan fingerprint density at radius 3 is 2.57 bits per heavy atom. The third-order valence-electron chi connectivity index (χ3n) is 4.09. The van der Waals surface area contributed by atoms with E-state index < -0.39 is 0 Å². The minimum Gasteiger partial charge on any atom is -0.369 e. The van der Waals surface area contributed by atoms with Gasteiger partial charge in [0.05, 0.1) is 11.4 Å². The van der Waals surface area contributed by atoms with Crippen LogP contribution in [-0.4, -0.2) is 40.5 Å². The third kappa shape index (κ3) is 3.39. The second kappa shape index (κ2) is 6.22. The van der Waals surface area contributed by atoms with Crippen molar-refractivity contribution in [3.63, 3.8) is 0 Å². The summed E-state index contributed by atoms with van der Waals surface area (Å²) in [5.41, 5.74) is 3.35. The Morgan fingerprint density at radius 2 is 1.90 bits per heavy atom. The number of aryl methyl sites for hydroxylation is 1. The highest BCUT2D eigenvalue weighted by Gasteiger charge is 2.24. The number of para-hydroxylation sites is 1. The van der Waals surface area contributed by atoms with Crippen molar-refractivity contribution in [2.45, 2.75) is 26.4 Å². The van der Waals surface area contributed by atoms with Crippen LogP contribution in [0.2, 0.25) is 0 Å². The van der Waals surface area contributed by atoms with Crippen LogP contribution in [-0.2, 0) is 6.54 Å². The summed E-state index contributed by atoms with van der Waals surface area (Å²) in [6.45, 7) is 8.33. The van der Waals surface area contributed by atoms with Crippen molar-refractivity contribution in [1.82, 2.24) is 14.9 Å². The van der Waals surface area contributed by atoms with E-state index in [1.807, 2.05) is 19.3 Å². The highest BCUT2D eigenvalue weighted by atomic mass is 15.3. The zero-order valence-corrected chi connectivity index (χ0v) is 12.7. The smallest absolute Gasteiger partial charge is 0.0727 e. The zero-order chi connectivity index (χ0) is 14.7. The number of aromatic nitrogens is 2. The first kappa shape index (κ1) is 14.0. The maximum absolute atomic E-state index is 4.47. The lowest BCUT2D eigenvalue weighted by Crippen LogP contribution is -2.51. The fourth-order valence-electron chi connectivity index (χ4n) is 2.81. The van der Waals surface area contributed by atoms with Gasteiger partial charge in [0.1, 0.15) is 0 Å². The van der Waals surface area contributed by atoms with Crippen LogP contribution >= 0.6 is 0 Å². The SMILES string of the molecule is Cc1cnc(CN2CCN(c3ccccc3)CC2C)cn1. The lowest BCUT2D eigenvalue weighted by Gasteiger charge is -2.40. The Labute approximate surface area is 126 Å². The van der Waals surface area contributed by atoms with Crippen molar-refractivity contribution in [2.75, 3.05) is 24.5 Å². The van der Waals surface area contributed by atoms with Gasteiger partial charge in [0.25, 0.3) is 0 Å². The molecule has 21 heavy (non-hydrogen) atoms. The van der Waals surface area contributed by atoms with Gasteiger partial charge in [0, 0.05) is 50.3 Å². The van der Waals surface area contributed by atoms with E-state index in [1.54, 1.807) is 0 Å². The number of piperazine rings is 1. The molecule has 1 fully saturated rings. The zero-order valence-electron chi connectivity index (χ0n) is 12.7. The fourth-order valence-corrected chi connectivity index (χ4v) is 2.81. The largest absolute Gasteiger partial charge is 0.369 e. The molecule has 3 rings (SSSR count). The summed E-state index contributed by atoms with van der Waals surface area (Å²) >= 11 is 0. The Morgan fingerprint density at radius 1 is 1.10 bits per heavy atom. The average molecular weight is 282 g/mol. The molecule has 1 atom stereocenters. The van der Waals surface area contributed by atoms with Gasteiger partial charge in [-0.15, -0.1) is 0 Å². The lowest BCUT2D eigenvalue weighted by molar-refractivity contribution is 0.178. The van der Waals surface area contributed by atoms with Crippen LogP contribution in [0.4, 0.5) is 5.69 Å². The maximum atomic E-state index is 4.47. The maximum Gasteiger partial charge on any atom is 0.0727 e. The molecule has 0 amide bonds. The molecule has 2 heterocycles. The van der Waals surface area contributed by atoms with E-state index in [-0.39, 0.29) is 0 Å². The van der Waals surface area contributed by atoms with Crippen LogP contribution in [0.15, 0.2) is 42.7 Å². The van der Waals surface area contributed by atoms with Gasteiger partial charge in [-0.2, -0.15) is 0 Å². The van der Waals surface area contributed by atoms with Crippen LogP contribution in [0.3, 0.4) is 0 Å². The second-order valence-electron chi connectivity index (χ2n) is 5.75. The van der Waals surface area contributed by atoms with Crippen molar-refractivity contribution >= 4 is 5.69 Å². The summed E-state index contributed by atoms with van der Waals surface area (Å²) < 4.78 is 0. The van der Waals surface area contributed by atoms with Crippen molar-refractivity contribution in [3.8, 4) is 0 Å². The van der Waals surface area contributed by atoms with Crippen LogP contribution in [0.5, 0.6) is 0 Å². The molecule has 1 aliphatic rings. The molecule has 1 aromatic carbocycles. The third-order valence-corrected chi connectivity index (χ3v) is 4.09. The minimum atomic E-state index is 0.516. The monoisotopic (exact) mass is 282 g/mol. The Bertz CT molecular complexity index is 567. The quantitative estimate of drug-likeness (QED) is 0.866. The van der Waals surface area contributed by atoms with E-state index in [0.717, 1.165) is 37.6 Å². The van der Waals surface area contributed by atoms with Gasteiger partial charge in [0.15, 0.2) is 0 Å². The molecule has 1 aliphatic heterocycles. The van der Waals surface area contributed by atoms with Crippen LogP contribution < -0.4 is 4.90 Å². The molecule has 0 N–H and O–H groups in total. The summed E-state index contributed by atoms with van der Waals surface area (Å²) in [6, 6.07) is 11.2. The highest BCUT2D eigenvalue weighted by molar-refractivity contribution is 5.46. The van der Waals surface area contributed by atoms with Gasteiger partial charge < -0.3 is 4.90 Å². The first-order valence-corrected chi connectivity index (χ1v) is 7.54. The van der Waals surface area contributed by atoms with Gasteiger partial charge in [-0.25, -0.2) is 0 Å². The standard InChI is InChI=1S/C17H22N4/c1-14-10-19-16(11-18-14)13-20-8-9-21(12-15(20)2)17-6-4-3-5-7-17/h3-7,10-11,15H,8-9,12-13H2,1-2H3. The molecular weight excluding hydrogens is 260 g/mol. The summed E-state index contributed by atoms with van der Waals surface area (Å²) in [7, 11) is 0. The van der Waals surface area contributed by atoms with E-state index in [2.05, 4.69) is 57.0 Å².